The predicted molar refractivity (Wildman–Crippen MR) is 86.8 cm³/mol. The number of hydrogen-bond donors (Lipinski definition) is 1. The van der Waals surface area contributed by atoms with Gasteiger partial charge >= 0.3 is 0 Å². The van der Waals surface area contributed by atoms with Gasteiger partial charge in [0, 0.05) is 18.2 Å². The van der Waals surface area contributed by atoms with Gasteiger partial charge in [0.25, 0.3) is 5.91 Å². The third kappa shape index (κ3) is 3.15. The minimum Gasteiger partial charge on any atom is -0.444 e. The fourth-order valence-electron chi connectivity index (χ4n) is 2.83. The average Bonchev–Trinajstić information content (AvgIpc) is 3.14. The van der Waals surface area contributed by atoms with Crippen LogP contribution in [-0.4, -0.2) is 34.9 Å². The van der Waals surface area contributed by atoms with E-state index in [9.17, 15) is 4.79 Å². The zero-order valence-corrected chi connectivity index (χ0v) is 13.3. The third-order valence-corrected chi connectivity index (χ3v) is 4.00. The highest BCUT2D eigenvalue weighted by Crippen LogP contribution is 2.25. The lowest BCUT2D eigenvalue weighted by Gasteiger charge is -2.19. The van der Waals surface area contributed by atoms with Gasteiger partial charge in [0.15, 0.2) is 5.69 Å². The molecule has 0 spiro atoms. The molecule has 2 atom stereocenters. The van der Waals surface area contributed by atoms with Crippen LogP contribution in [0.5, 0.6) is 0 Å². The lowest BCUT2D eigenvalue weighted by Crippen LogP contribution is -2.34. The molecule has 0 aliphatic carbocycles. The number of aromatic nitrogens is 1. The molecule has 2 heterocycles. The monoisotopic (exact) mass is 321 g/mol. The van der Waals surface area contributed by atoms with Crippen molar-refractivity contribution in [2.45, 2.75) is 19.4 Å². The average molecular weight is 322 g/mol. The van der Waals surface area contributed by atoms with Gasteiger partial charge in [-0.05, 0) is 37.9 Å². The molecule has 1 aliphatic heterocycles. The summed E-state index contributed by atoms with van der Waals surface area (Å²) in [5.74, 6) is 0.773. The highest BCUT2D eigenvalue weighted by atomic mass is 35.5. The molecule has 22 heavy (non-hydrogen) atoms. The molecule has 2 aromatic rings. The molecule has 1 amide bonds. The number of oxazole rings is 1. The summed E-state index contributed by atoms with van der Waals surface area (Å²) in [6.07, 6.45) is 2.39. The molecule has 2 unspecified atom stereocenters. The predicted octanol–water partition coefficient (Wildman–Crippen LogP) is 2.57. The van der Waals surface area contributed by atoms with Gasteiger partial charge in [0.1, 0.15) is 6.26 Å². The van der Waals surface area contributed by atoms with E-state index in [1.54, 1.807) is 0 Å². The Balaban J connectivity index is 0.00000176. The molecule has 0 bridgehead atoms. The SMILES string of the molecule is CC1CC(CN)CN1C(=O)c1coc(-c2ccccc2)n1.Cl. The molecular formula is C16H20ClN3O2. The standard InChI is InChI=1S/C16H19N3O2.ClH/c1-11-7-12(8-17)9-19(11)16(20)14-10-21-15(18-14)13-5-3-2-4-6-13;/h2-6,10-12H,7-9,17H2,1H3;1H. The summed E-state index contributed by atoms with van der Waals surface area (Å²) in [6.45, 7) is 3.36. The van der Waals surface area contributed by atoms with Crippen LogP contribution in [0.4, 0.5) is 0 Å². The zero-order valence-electron chi connectivity index (χ0n) is 12.4. The molecule has 5 nitrogen and oxygen atoms in total. The normalized spacial score (nSPS) is 20.7. The number of carbonyl (C=O) groups is 1. The van der Waals surface area contributed by atoms with Crippen LogP contribution in [0.3, 0.4) is 0 Å². The van der Waals surface area contributed by atoms with Crippen LogP contribution in [0.2, 0.25) is 0 Å². The first kappa shape index (κ1) is 16.5. The second kappa shape index (κ2) is 6.94. The fourth-order valence-corrected chi connectivity index (χ4v) is 2.83. The van der Waals surface area contributed by atoms with Gasteiger partial charge in [0.2, 0.25) is 5.89 Å². The summed E-state index contributed by atoms with van der Waals surface area (Å²) < 4.78 is 5.44. The third-order valence-electron chi connectivity index (χ3n) is 4.00. The van der Waals surface area contributed by atoms with Crippen molar-refractivity contribution >= 4 is 18.3 Å². The number of carbonyl (C=O) groups excluding carboxylic acids is 1. The molecule has 2 N–H and O–H groups in total. The van der Waals surface area contributed by atoms with Crippen molar-refractivity contribution in [1.82, 2.24) is 9.88 Å². The maximum Gasteiger partial charge on any atom is 0.276 e. The number of hydrogen-bond acceptors (Lipinski definition) is 4. The van der Waals surface area contributed by atoms with Gasteiger partial charge in [-0.25, -0.2) is 4.98 Å². The minimum absolute atomic E-state index is 0. The Morgan fingerprint density at radius 1 is 1.41 bits per heavy atom. The maximum atomic E-state index is 12.5. The lowest BCUT2D eigenvalue weighted by atomic mass is 10.1. The Kier molecular flexibility index (Phi) is 5.21. The van der Waals surface area contributed by atoms with Crippen molar-refractivity contribution in [2.75, 3.05) is 13.1 Å². The molecule has 1 aliphatic rings. The topological polar surface area (TPSA) is 72.4 Å². The van der Waals surface area contributed by atoms with Crippen LogP contribution < -0.4 is 5.73 Å². The quantitative estimate of drug-likeness (QED) is 0.943. The van der Waals surface area contributed by atoms with Gasteiger partial charge in [0.05, 0.1) is 0 Å². The van der Waals surface area contributed by atoms with Crippen molar-refractivity contribution in [2.24, 2.45) is 11.7 Å². The van der Waals surface area contributed by atoms with E-state index < -0.39 is 0 Å². The number of nitrogens with two attached hydrogens (primary N) is 1. The maximum absolute atomic E-state index is 12.5. The summed E-state index contributed by atoms with van der Waals surface area (Å²) >= 11 is 0. The lowest BCUT2D eigenvalue weighted by molar-refractivity contribution is 0.0737. The van der Waals surface area contributed by atoms with Crippen molar-refractivity contribution in [3.8, 4) is 11.5 Å². The van der Waals surface area contributed by atoms with Gasteiger partial charge in [-0.1, -0.05) is 18.2 Å². The second-order valence-corrected chi connectivity index (χ2v) is 5.55. The Bertz CT molecular complexity index is 629. The molecule has 118 valence electrons. The number of likely N-dealkylation sites (tertiary alicyclic amines) is 1. The summed E-state index contributed by atoms with van der Waals surface area (Å²) in [7, 11) is 0. The largest absolute Gasteiger partial charge is 0.444 e. The Labute approximate surface area is 135 Å². The van der Waals surface area contributed by atoms with Crippen LogP contribution in [0, 0.1) is 5.92 Å². The van der Waals surface area contributed by atoms with Gasteiger partial charge < -0.3 is 15.1 Å². The summed E-state index contributed by atoms with van der Waals surface area (Å²) in [5.41, 5.74) is 6.93. The highest BCUT2D eigenvalue weighted by molar-refractivity contribution is 5.92. The van der Waals surface area contributed by atoms with E-state index in [0.29, 0.717) is 30.6 Å². The molecule has 0 radical (unpaired) electrons. The molecule has 6 heteroatoms. The number of nitrogens with zero attached hydrogens (tertiary/aromatic N) is 2. The van der Waals surface area contributed by atoms with Crippen LogP contribution in [0.1, 0.15) is 23.8 Å². The fraction of sp³-hybridized carbons (Fsp3) is 0.375. The van der Waals surface area contributed by atoms with E-state index in [-0.39, 0.29) is 24.4 Å². The van der Waals surface area contributed by atoms with Crippen molar-refractivity contribution in [3.05, 3.63) is 42.3 Å². The number of halogens is 1. The van der Waals surface area contributed by atoms with Crippen molar-refractivity contribution in [1.29, 1.82) is 0 Å². The van der Waals surface area contributed by atoms with Crippen LogP contribution >= 0.6 is 12.4 Å². The first-order valence-electron chi connectivity index (χ1n) is 7.21. The van der Waals surface area contributed by atoms with E-state index >= 15 is 0 Å². The molecule has 1 saturated heterocycles. The summed E-state index contributed by atoms with van der Waals surface area (Å²) in [5, 5.41) is 0. The van der Waals surface area contributed by atoms with Gasteiger partial charge in [-0.15, -0.1) is 12.4 Å². The Hall–Kier alpha value is -1.85. The van der Waals surface area contributed by atoms with Crippen LogP contribution in [-0.2, 0) is 0 Å². The number of rotatable bonds is 3. The molecule has 1 aromatic carbocycles. The van der Waals surface area contributed by atoms with Gasteiger partial charge in [-0.3, -0.25) is 4.79 Å². The molecule has 1 fully saturated rings. The second-order valence-electron chi connectivity index (χ2n) is 5.55. The van der Waals surface area contributed by atoms with Crippen molar-refractivity contribution in [3.63, 3.8) is 0 Å². The summed E-state index contributed by atoms with van der Waals surface area (Å²) in [6, 6.07) is 9.76. The zero-order chi connectivity index (χ0) is 14.8. The van der Waals surface area contributed by atoms with Crippen LogP contribution in [0.25, 0.3) is 11.5 Å². The van der Waals surface area contributed by atoms with Crippen molar-refractivity contribution < 1.29 is 9.21 Å². The number of benzene rings is 1. The van der Waals surface area contributed by atoms with E-state index in [1.807, 2.05) is 42.2 Å². The van der Waals surface area contributed by atoms with Crippen LogP contribution in [0.15, 0.2) is 41.0 Å². The van der Waals surface area contributed by atoms with E-state index in [4.69, 9.17) is 10.2 Å². The highest BCUT2D eigenvalue weighted by Gasteiger charge is 2.33. The van der Waals surface area contributed by atoms with E-state index in [0.717, 1.165) is 12.0 Å². The van der Waals surface area contributed by atoms with E-state index in [1.165, 1.54) is 6.26 Å². The molecule has 1 aromatic heterocycles. The Morgan fingerprint density at radius 3 is 2.77 bits per heavy atom. The molecule has 3 rings (SSSR count). The number of amides is 1. The molecule has 0 saturated carbocycles. The Morgan fingerprint density at radius 2 is 2.14 bits per heavy atom. The minimum atomic E-state index is -0.0793. The van der Waals surface area contributed by atoms with E-state index in [2.05, 4.69) is 4.98 Å². The molecular weight excluding hydrogens is 302 g/mol. The first-order valence-corrected chi connectivity index (χ1v) is 7.21. The summed E-state index contributed by atoms with van der Waals surface area (Å²) in [4.78, 5) is 18.7. The smallest absolute Gasteiger partial charge is 0.276 e. The van der Waals surface area contributed by atoms with Gasteiger partial charge in [-0.2, -0.15) is 0 Å². The first-order chi connectivity index (χ1) is 10.2.